The maximum absolute atomic E-state index is 12.7. The number of hydrogen-bond donors (Lipinski definition) is 1. The lowest BCUT2D eigenvalue weighted by molar-refractivity contribution is 0.102. The Morgan fingerprint density at radius 3 is 2.72 bits per heavy atom. The van der Waals surface area contributed by atoms with E-state index in [9.17, 15) is 9.59 Å². The summed E-state index contributed by atoms with van der Waals surface area (Å²) in [4.78, 5) is 27.3. The van der Waals surface area contributed by atoms with E-state index in [0.29, 0.717) is 35.3 Å². The fourth-order valence-electron chi connectivity index (χ4n) is 3.17. The second-order valence-electron chi connectivity index (χ2n) is 8.25. The van der Waals surface area contributed by atoms with Crippen molar-refractivity contribution in [3.8, 4) is 5.75 Å². The van der Waals surface area contributed by atoms with E-state index in [1.165, 1.54) is 5.57 Å². The number of fused-ring (bicyclic) bond motifs is 1. The highest BCUT2D eigenvalue weighted by Gasteiger charge is 2.14. The fraction of sp³-hybridized carbons (Fsp3) is 0.308. The van der Waals surface area contributed by atoms with Crippen LogP contribution in [0.1, 0.15) is 35.3 Å². The second kappa shape index (κ2) is 10.3. The van der Waals surface area contributed by atoms with Crippen molar-refractivity contribution in [1.82, 2.24) is 4.90 Å². The van der Waals surface area contributed by atoms with Crippen LogP contribution in [0.25, 0.3) is 11.0 Å². The van der Waals surface area contributed by atoms with E-state index in [4.69, 9.17) is 9.15 Å². The number of anilines is 1. The molecule has 32 heavy (non-hydrogen) atoms. The van der Waals surface area contributed by atoms with Crippen LogP contribution in [0.5, 0.6) is 5.75 Å². The number of ether oxygens (including phenoxy) is 1. The van der Waals surface area contributed by atoms with Crippen molar-refractivity contribution in [2.24, 2.45) is 0 Å². The smallest absolute Gasteiger partial charge is 0.360 e. The fourth-order valence-corrected chi connectivity index (χ4v) is 3.17. The van der Waals surface area contributed by atoms with Crippen LogP contribution in [0.15, 0.2) is 57.3 Å². The molecular weight excluding hydrogens is 404 g/mol. The summed E-state index contributed by atoms with van der Waals surface area (Å²) in [6.45, 7) is 7.21. The first-order valence-electron chi connectivity index (χ1n) is 10.5. The predicted octanol–water partition coefficient (Wildman–Crippen LogP) is 4.60. The number of allylic oxidation sites excluding steroid dienone is 2. The summed E-state index contributed by atoms with van der Waals surface area (Å²) in [5.41, 5.74) is 3.26. The van der Waals surface area contributed by atoms with Gasteiger partial charge in [0.05, 0.1) is 0 Å². The van der Waals surface area contributed by atoms with Crippen LogP contribution < -0.4 is 15.7 Å². The summed E-state index contributed by atoms with van der Waals surface area (Å²) in [5, 5.41) is 3.39. The summed E-state index contributed by atoms with van der Waals surface area (Å²) >= 11 is 0. The zero-order chi connectivity index (χ0) is 23.3. The van der Waals surface area contributed by atoms with Crippen LogP contribution >= 0.6 is 0 Å². The Hall–Kier alpha value is -3.38. The molecule has 0 aliphatic rings. The molecule has 1 N–H and O–H groups in total. The number of benzene rings is 2. The second-order valence-corrected chi connectivity index (χ2v) is 8.25. The number of likely N-dealkylation sites (N-methyl/N-ethyl adjacent to an activating group) is 1. The predicted molar refractivity (Wildman–Crippen MR) is 128 cm³/mol. The van der Waals surface area contributed by atoms with Gasteiger partial charge in [-0.25, -0.2) is 4.79 Å². The van der Waals surface area contributed by atoms with E-state index in [-0.39, 0.29) is 11.6 Å². The monoisotopic (exact) mass is 433 g/mol. The summed E-state index contributed by atoms with van der Waals surface area (Å²) in [6.07, 6.45) is 2.77. The minimum atomic E-state index is -0.605. The number of carbonyl (C=O) groups is 1. The van der Waals surface area contributed by atoms with Crippen LogP contribution in [0.3, 0.4) is 0 Å². The molecule has 0 saturated heterocycles. The molecule has 1 amide bonds. The molecule has 0 bridgehead atoms. The van der Waals surface area contributed by atoms with E-state index in [0.717, 1.165) is 17.7 Å². The summed E-state index contributed by atoms with van der Waals surface area (Å²) in [6, 6.07) is 13.6. The van der Waals surface area contributed by atoms with Crippen LogP contribution in [-0.2, 0) is 6.42 Å². The molecule has 3 rings (SSSR count). The lowest BCUT2D eigenvalue weighted by atomic mass is 10.1. The minimum Gasteiger partial charge on any atom is -0.492 e. The third kappa shape index (κ3) is 5.86. The Balaban J connectivity index is 1.81. The number of rotatable bonds is 8. The molecule has 1 aromatic heterocycles. The standard InChI is InChI=1S/C26H29N2O4/c1-17(2)9-10-19-7-6-8-21(15-19)25(29)27-22-16-20-11-12-23(31-14-13-28(4)5)18(3)24(20)32-26(22)30/h6,8-9,11-12,15-16H,10,13-14H2,1-5H3,(H,27,29). The molecule has 1 radical (unpaired) electrons. The highest BCUT2D eigenvalue weighted by atomic mass is 16.5. The van der Waals surface area contributed by atoms with Crippen LogP contribution in [0.2, 0.25) is 0 Å². The first kappa shape index (κ1) is 23.3. The maximum Gasteiger partial charge on any atom is 0.360 e. The third-order valence-corrected chi connectivity index (χ3v) is 5.00. The zero-order valence-corrected chi connectivity index (χ0v) is 19.2. The van der Waals surface area contributed by atoms with Gasteiger partial charge >= 0.3 is 5.63 Å². The number of nitrogens with one attached hydrogen (secondary N) is 1. The van der Waals surface area contributed by atoms with E-state index in [2.05, 4.69) is 17.5 Å². The SMILES string of the molecule is CC(C)=CCc1[c]ccc(C(=O)Nc2cc3ccc(OCCN(C)C)c(C)c3oc2=O)c1. The van der Waals surface area contributed by atoms with Crippen molar-refractivity contribution < 1.29 is 13.9 Å². The third-order valence-electron chi connectivity index (χ3n) is 5.00. The van der Waals surface area contributed by atoms with Gasteiger partial charge in [0.25, 0.3) is 5.91 Å². The van der Waals surface area contributed by atoms with Gasteiger partial charge in [-0.2, -0.15) is 0 Å². The number of amides is 1. The number of hydrogen-bond acceptors (Lipinski definition) is 5. The molecule has 0 spiro atoms. The molecule has 0 aliphatic heterocycles. The van der Waals surface area contributed by atoms with Gasteiger partial charge < -0.3 is 19.4 Å². The summed E-state index contributed by atoms with van der Waals surface area (Å²) < 4.78 is 11.4. The molecular formula is C26H29N2O4. The van der Waals surface area contributed by atoms with Crippen LogP contribution in [0, 0.1) is 13.0 Å². The molecule has 0 aliphatic carbocycles. The molecule has 167 valence electrons. The Morgan fingerprint density at radius 1 is 1.22 bits per heavy atom. The average molecular weight is 434 g/mol. The first-order chi connectivity index (χ1) is 15.2. The molecule has 3 aromatic rings. The highest BCUT2D eigenvalue weighted by Crippen LogP contribution is 2.28. The van der Waals surface area contributed by atoms with Gasteiger partial charge in [-0.05, 0) is 83.2 Å². The largest absolute Gasteiger partial charge is 0.492 e. The number of nitrogens with zero attached hydrogens (tertiary/aromatic N) is 1. The maximum atomic E-state index is 12.7. The molecule has 0 fully saturated rings. The summed E-state index contributed by atoms with van der Waals surface area (Å²) in [7, 11) is 3.95. The van der Waals surface area contributed by atoms with E-state index < -0.39 is 5.63 Å². The number of carbonyl (C=O) groups excluding carboxylic acids is 1. The minimum absolute atomic E-state index is 0.0989. The van der Waals surface area contributed by atoms with Gasteiger partial charge in [-0.15, -0.1) is 0 Å². The lowest BCUT2D eigenvalue weighted by Gasteiger charge is -2.13. The summed E-state index contributed by atoms with van der Waals surface area (Å²) in [5.74, 6) is 0.299. The van der Waals surface area contributed by atoms with Crippen molar-refractivity contribution in [1.29, 1.82) is 0 Å². The lowest BCUT2D eigenvalue weighted by Crippen LogP contribution is -2.19. The van der Waals surface area contributed by atoms with Crippen molar-refractivity contribution in [2.75, 3.05) is 32.6 Å². The Bertz CT molecular complexity index is 1200. The van der Waals surface area contributed by atoms with Gasteiger partial charge in [-0.1, -0.05) is 17.7 Å². The molecule has 0 saturated carbocycles. The Kier molecular flexibility index (Phi) is 7.49. The Morgan fingerprint density at radius 2 is 2.00 bits per heavy atom. The van der Waals surface area contributed by atoms with Gasteiger partial charge in [0.15, 0.2) is 0 Å². The van der Waals surface area contributed by atoms with Crippen molar-refractivity contribution in [2.45, 2.75) is 27.2 Å². The molecule has 1 heterocycles. The van der Waals surface area contributed by atoms with Crippen LogP contribution in [-0.4, -0.2) is 38.1 Å². The number of aryl methyl sites for hydroxylation is 1. The Labute approximate surface area is 188 Å². The van der Waals surface area contributed by atoms with Crippen molar-refractivity contribution >= 4 is 22.6 Å². The topological polar surface area (TPSA) is 71.8 Å². The van der Waals surface area contributed by atoms with Gasteiger partial charge in [0.1, 0.15) is 23.6 Å². The van der Waals surface area contributed by atoms with Gasteiger partial charge in [-0.3, -0.25) is 4.79 Å². The van der Waals surface area contributed by atoms with Gasteiger partial charge in [0, 0.05) is 23.1 Å². The normalized spacial score (nSPS) is 10.9. The molecule has 2 aromatic carbocycles. The zero-order valence-electron chi connectivity index (χ0n) is 19.2. The average Bonchev–Trinajstić information content (AvgIpc) is 2.75. The molecule has 0 atom stereocenters. The molecule has 6 nitrogen and oxygen atoms in total. The highest BCUT2D eigenvalue weighted by molar-refractivity contribution is 6.05. The molecule has 6 heteroatoms. The quantitative estimate of drug-likeness (QED) is 0.415. The van der Waals surface area contributed by atoms with E-state index >= 15 is 0 Å². The van der Waals surface area contributed by atoms with E-state index in [1.54, 1.807) is 24.3 Å². The first-order valence-corrected chi connectivity index (χ1v) is 10.5. The molecule has 0 unspecified atom stereocenters. The van der Waals surface area contributed by atoms with E-state index in [1.807, 2.05) is 51.9 Å². The van der Waals surface area contributed by atoms with Gasteiger partial charge in [0.2, 0.25) is 0 Å². The van der Waals surface area contributed by atoms with Crippen molar-refractivity contribution in [3.63, 3.8) is 0 Å². The van der Waals surface area contributed by atoms with Crippen molar-refractivity contribution in [3.05, 3.63) is 81.2 Å². The van der Waals surface area contributed by atoms with Crippen LogP contribution in [0.4, 0.5) is 5.69 Å².